The van der Waals surface area contributed by atoms with Crippen LogP contribution in [0.4, 0.5) is 0 Å². The van der Waals surface area contributed by atoms with Gasteiger partial charge in [-0.05, 0) is 26.1 Å². The molecule has 0 aliphatic heterocycles. The van der Waals surface area contributed by atoms with Crippen LogP contribution in [0.3, 0.4) is 0 Å². The summed E-state index contributed by atoms with van der Waals surface area (Å²) in [5, 5.41) is 0. The SMILES string of the molecule is C=C\C(C)=C/C=C(\C=C/C)CBC(=C)C(C)C. The van der Waals surface area contributed by atoms with Gasteiger partial charge in [-0.3, -0.25) is 0 Å². The first-order chi connectivity index (χ1) is 8.01. The third-order valence-corrected chi connectivity index (χ3v) is 2.81. The molecule has 0 saturated heterocycles. The Morgan fingerprint density at radius 2 is 1.94 bits per heavy atom. The van der Waals surface area contributed by atoms with Crippen LogP contribution in [0.2, 0.25) is 6.32 Å². The molecule has 0 atom stereocenters. The molecule has 0 bridgehead atoms. The predicted octanol–water partition coefficient (Wildman–Crippen LogP) is 4.65. The maximum Gasteiger partial charge on any atom is 0.156 e. The number of hydrogen-bond acceptors (Lipinski definition) is 0. The van der Waals surface area contributed by atoms with Crippen LogP contribution in [-0.2, 0) is 0 Å². The number of allylic oxidation sites excluding steroid dienone is 8. The largest absolute Gasteiger partial charge is 0.156 e. The Kier molecular flexibility index (Phi) is 8.22. The van der Waals surface area contributed by atoms with E-state index >= 15 is 0 Å². The minimum absolute atomic E-state index is 0.576. The van der Waals surface area contributed by atoms with Crippen molar-refractivity contribution in [2.24, 2.45) is 5.92 Å². The van der Waals surface area contributed by atoms with Crippen molar-refractivity contribution in [3.8, 4) is 0 Å². The average Bonchev–Trinajstić information content (AvgIpc) is 2.31. The molecule has 0 aromatic carbocycles. The highest BCUT2D eigenvalue weighted by Gasteiger charge is 2.02. The maximum absolute atomic E-state index is 4.11. The summed E-state index contributed by atoms with van der Waals surface area (Å²) in [5.74, 6) is 0.576. The van der Waals surface area contributed by atoms with Gasteiger partial charge in [-0.25, -0.2) is 0 Å². The molecule has 0 aromatic heterocycles. The molecule has 0 N–H and O–H groups in total. The van der Waals surface area contributed by atoms with Crippen molar-refractivity contribution < 1.29 is 0 Å². The maximum atomic E-state index is 4.11. The van der Waals surface area contributed by atoms with Gasteiger partial charge < -0.3 is 0 Å². The fourth-order valence-electron chi connectivity index (χ4n) is 1.34. The highest BCUT2D eigenvalue weighted by Crippen LogP contribution is 2.12. The molecule has 0 heterocycles. The van der Waals surface area contributed by atoms with E-state index in [4.69, 9.17) is 0 Å². The zero-order valence-electron chi connectivity index (χ0n) is 11.8. The third-order valence-electron chi connectivity index (χ3n) is 2.81. The molecule has 1 heteroatoms. The number of hydrogen-bond donors (Lipinski definition) is 0. The van der Waals surface area contributed by atoms with Crippen LogP contribution in [-0.4, -0.2) is 7.28 Å². The van der Waals surface area contributed by atoms with Crippen LogP contribution >= 0.6 is 0 Å². The Balaban J connectivity index is 4.55. The summed E-state index contributed by atoms with van der Waals surface area (Å²) in [7, 11) is 1.06. The van der Waals surface area contributed by atoms with Gasteiger partial charge in [-0.1, -0.05) is 62.0 Å². The molecule has 0 radical (unpaired) electrons. The fourth-order valence-corrected chi connectivity index (χ4v) is 1.34. The van der Waals surface area contributed by atoms with Crippen LogP contribution in [0.5, 0.6) is 0 Å². The molecule has 92 valence electrons. The zero-order chi connectivity index (χ0) is 13.3. The van der Waals surface area contributed by atoms with Crippen molar-refractivity contribution in [2.75, 3.05) is 0 Å². The average molecular weight is 228 g/mol. The fraction of sp³-hybridized carbons (Fsp3) is 0.375. The van der Waals surface area contributed by atoms with Gasteiger partial charge in [-0.2, -0.15) is 0 Å². The van der Waals surface area contributed by atoms with Crippen LogP contribution in [0.25, 0.3) is 0 Å². The lowest BCUT2D eigenvalue weighted by molar-refractivity contribution is 0.813. The molecule has 0 aromatic rings. The van der Waals surface area contributed by atoms with Gasteiger partial charge in [0.2, 0.25) is 0 Å². The van der Waals surface area contributed by atoms with Crippen LogP contribution in [0.15, 0.2) is 60.2 Å². The molecule has 0 aliphatic carbocycles. The summed E-state index contributed by atoms with van der Waals surface area (Å²) >= 11 is 0. The molecule has 0 amide bonds. The highest BCUT2D eigenvalue weighted by atomic mass is 13.9. The summed E-state index contributed by atoms with van der Waals surface area (Å²) in [6.07, 6.45) is 11.5. The zero-order valence-corrected chi connectivity index (χ0v) is 11.8. The van der Waals surface area contributed by atoms with Gasteiger partial charge in [0.25, 0.3) is 0 Å². The lowest BCUT2D eigenvalue weighted by Crippen LogP contribution is -2.02. The van der Waals surface area contributed by atoms with Gasteiger partial charge in [0.1, 0.15) is 0 Å². The van der Waals surface area contributed by atoms with Gasteiger partial charge in [0, 0.05) is 0 Å². The van der Waals surface area contributed by atoms with Crippen LogP contribution in [0.1, 0.15) is 27.7 Å². The summed E-state index contributed by atoms with van der Waals surface area (Å²) in [6, 6.07) is 0. The smallest absolute Gasteiger partial charge is 0.110 e. The lowest BCUT2D eigenvalue weighted by Gasteiger charge is -2.08. The van der Waals surface area contributed by atoms with Crippen molar-refractivity contribution in [1.82, 2.24) is 0 Å². The first-order valence-electron chi connectivity index (χ1n) is 6.31. The third kappa shape index (κ3) is 7.62. The molecule has 0 rings (SSSR count). The van der Waals surface area contributed by atoms with E-state index in [1.54, 1.807) is 0 Å². The molecular weight excluding hydrogens is 203 g/mol. The topological polar surface area (TPSA) is 0 Å². The quantitative estimate of drug-likeness (QED) is 0.439. The normalized spacial score (nSPS) is 13.2. The predicted molar refractivity (Wildman–Crippen MR) is 82.8 cm³/mol. The molecule has 0 spiro atoms. The van der Waals surface area contributed by atoms with Crippen molar-refractivity contribution in [1.29, 1.82) is 0 Å². The Hall–Kier alpha value is -1.24. The van der Waals surface area contributed by atoms with E-state index in [-0.39, 0.29) is 0 Å². The molecule has 0 nitrogen and oxygen atoms in total. The molecule has 0 unspecified atom stereocenters. The van der Waals surface area contributed by atoms with Crippen molar-refractivity contribution in [2.45, 2.75) is 34.0 Å². The summed E-state index contributed by atoms with van der Waals surface area (Å²) in [4.78, 5) is 0. The van der Waals surface area contributed by atoms with Crippen molar-refractivity contribution in [3.63, 3.8) is 0 Å². The van der Waals surface area contributed by atoms with Crippen molar-refractivity contribution in [3.05, 3.63) is 60.2 Å². The first-order valence-corrected chi connectivity index (χ1v) is 6.31. The Morgan fingerprint density at radius 3 is 2.41 bits per heavy atom. The second kappa shape index (κ2) is 8.86. The van der Waals surface area contributed by atoms with E-state index in [2.05, 4.69) is 65.2 Å². The Labute approximate surface area is 108 Å². The monoisotopic (exact) mass is 228 g/mol. The number of rotatable bonds is 7. The summed E-state index contributed by atoms with van der Waals surface area (Å²) < 4.78 is 0. The second-order valence-corrected chi connectivity index (χ2v) is 4.67. The first kappa shape index (κ1) is 15.8. The van der Waals surface area contributed by atoms with E-state index in [1.165, 1.54) is 16.6 Å². The molecular formula is C16H25B. The van der Waals surface area contributed by atoms with Crippen LogP contribution < -0.4 is 0 Å². The molecule has 0 aliphatic rings. The minimum Gasteiger partial charge on any atom is -0.110 e. The van der Waals surface area contributed by atoms with E-state index < -0.39 is 0 Å². The van der Waals surface area contributed by atoms with E-state index in [1.807, 2.05) is 6.08 Å². The van der Waals surface area contributed by atoms with E-state index in [0.717, 1.165) is 13.6 Å². The second-order valence-electron chi connectivity index (χ2n) is 4.67. The van der Waals surface area contributed by atoms with Gasteiger partial charge in [-0.15, -0.1) is 12.1 Å². The molecule has 0 saturated carbocycles. The highest BCUT2D eigenvalue weighted by molar-refractivity contribution is 6.46. The van der Waals surface area contributed by atoms with E-state index in [9.17, 15) is 0 Å². The summed E-state index contributed by atoms with van der Waals surface area (Å²) in [6.45, 7) is 16.4. The van der Waals surface area contributed by atoms with Crippen LogP contribution in [0, 0.1) is 5.92 Å². The lowest BCUT2D eigenvalue weighted by atomic mass is 9.61. The Bertz CT molecular complexity index is 341. The summed E-state index contributed by atoms with van der Waals surface area (Å²) in [5.41, 5.74) is 3.86. The standard InChI is InChI=1S/C16H25B/c1-7-9-16(11-10-14(5)8-2)12-17-15(6)13(3)4/h7-11,13,17H,2,6,12H2,1,3-5H3/b9-7-,14-10-,16-11+. The van der Waals surface area contributed by atoms with Gasteiger partial charge in [0.15, 0.2) is 7.28 Å². The minimum atomic E-state index is 0.576. The van der Waals surface area contributed by atoms with E-state index in [0.29, 0.717) is 5.92 Å². The van der Waals surface area contributed by atoms with Crippen molar-refractivity contribution >= 4 is 7.28 Å². The Morgan fingerprint density at radius 1 is 1.29 bits per heavy atom. The molecule has 17 heavy (non-hydrogen) atoms. The molecule has 0 fully saturated rings. The van der Waals surface area contributed by atoms with Gasteiger partial charge >= 0.3 is 0 Å². The van der Waals surface area contributed by atoms with Gasteiger partial charge in [0.05, 0.1) is 0 Å².